The normalized spacial score (nSPS) is 17.3. The standard InChI is InChI=1S/C26H19ClN2O5S/c1-2-34-18-10-5-15(6-11-18)23(31)21-22(14-3-8-17(30)9-4-14)29(25(33)24(21)32)26-28-19-12-7-16(27)13-20(19)35-26/h3-13,22,30-31H,2H2,1H3. The fourth-order valence-electron chi connectivity index (χ4n) is 4.02. The lowest BCUT2D eigenvalue weighted by molar-refractivity contribution is -0.132. The molecule has 1 fully saturated rings. The van der Waals surface area contributed by atoms with Gasteiger partial charge in [0.15, 0.2) is 5.13 Å². The van der Waals surface area contributed by atoms with Crippen LogP contribution in [0.4, 0.5) is 5.13 Å². The molecule has 2 N–H and O–H groups in total. The topological polar surface area (TPSA) is 100.0 Å². The van der Waals surface area contributed by atoms with Gasteiger partial charge in [0.05, 0.1) is 28.4 Å². The van der Waals surface area contributed by atoms with Crippen molar-refractivity contribution in [2.75, 3.05) is 11.5 Å². The van der Waals surface area contributed by atoms with Crippen molar-refractivity contribution < 1.29 is 24.5 Å². The van der Waals surface area contributed by atoms with Crippen LogP contribution in [0.25, 0.3) is 16.0 Å². The number of aromatic nitrogens is 1. The SMILES string of the molecule is CCOc1ccc(C(O)=C2C(=O)C(=O)N(c3nc4ccc(Cl)cc4s3)C2c2ccc(O)cc2)cc1. The summed E-state index contributed by atoms with van der Waals surface area (Å²) < 4.78 is 6.21. The number of amides is 1. The molecular formula is C26H19ClN2O5S. The summed E-state index contributed by atoms with van der Waals surface area (Å²) in [6.45, 7) is 2.35. The van der Waals surface area contributed by atoms with Crippen LogP contribution in [-0.4, -0.2) is 33.5 Å². The zero-order chi connectivity index (χ0) is 24.7. The zero-order valence-electron chi connectivity index (χ0n) is 18.4. The van der Waals surface area contributed by atoms with E-state index in [2.05, 4.69) is 4.98 Å². The van der Waals surface area contributed by atoms with E-state index in [4.69, 9.17) is 16.3 Å². The summed E-state index contributed by atoms with van der Waals surface area (Å²) in [6.07, 6.45) is 0. The molecule has 0 radical (unpaired) electrons. The van der Waals surface area contributed by atoms with Crippen LogP contribution >= 0.6 is 22.9 Å². The van der Waals surface area contributed by atoms with Crippen molar-refractivity contribution >= 4 is 55.7 Å². The third-order valence-corrected chi connectivity index (χ3v) is 6.89. The van der Waals surface area contributed by atoms with Gasteiger partial charge in [-0.1, -0.05) is 35.1 Å². The molecule has 1 unspecified atom stereocenters. The van der Waals surface area contributed by atoms with Crippen molar-refractivity contribution in [2.45, 2.75) is 13.0 Å². The Bertz CT molecular complexity index is 1480. The number of halogens is 1. The number of benzene rings is 3. The lowest BCUT2D eigenvalue weighted by Crippen LogP contribution is -2.29. The van der Waals surface area contributed by atoms with Crippen LogP contribution in [0.1, 0.15) is 24.1 Å². The number of nitrogens with zero attached hydrogens (tertiary/aromatic N) is 2. The van der Waals surface area contributed by atoms with Crippen molar-refractivity contribution in [3.05, 3.63) is 88.5 Å². The van der Waals surface area contributed by atoms with Crippen LogP contribution in [0, 0.1) is 0 Å². The number of carbonyl (C=O) groups is 2. The molecule has 1 aliphatic rings. The lowest BCUT2D eigenvalue weighted by atomic mass is 9.95. The summed E-state index contributed by atoms with van der Waals surface area (Å²) in [5, 5.41) is 21.8. The number of rotatable bonds is 5. The summed E-state index contributed by atoms with van der Waals surface area (Å²) in [4.78, 5) is 32.4. The third-order valence-electron chi connectivity index (χ3n) is 5.64. The van der Waals surface area contributed by atoms with Crippen LogP contribution < -0.4 is 9.64 Å². The first-order valence-electron chi connectivity index (χ1n) is 10.8. The average Bonchev–Trinajstić information content (AvgIpc) is 3.37. The number of hydrogen-bond acceptors (Lipinski definition) is 7. The molecule has 0 aliphatic carbocycles. The van der Waals surface area contributed by atoms with Gasteiger partial charge in [0.25, 0.3) is 5.78 Å². The zero-order valence-corrected chi connectivity index (χ0v) is 20.0. The molecule has 1 aromatic heterocycles. The molecular weight excluding hydrogens is 488 g/mol. The van der Waals surface area contributed by atoms with Crippen molar-refractivity contribution in [3.63, 3.8) is 0 Å². The minimum absolute atomic E-state index is 0.0341. The molecule has 7 nitrogen and oxygen atoms in total. The van der Waals surface area contributed by atoms with Crippen molar-refractivity contribution in [1.29, 1.82) is 0 Å². The van der Waals surface area contributed by atoms with E-state index in [1.54, 1.807) is 54.6 Å². The fourth-order valence-corrected chi connectivity index (χ4v) is 5.29. The molecule has 5 rings (SSSR count). The Kier molecular flexibility index (Phi) is 5.92. The number of Topliss-reactive ketones (excluding diaryl/α,β-unsaturated/α-hetero) is 1. The molecule has 0 bridgehead atoms. The van der Waals surface area contributed by atoms with E-state index in [-0.39, 0.29) is 17.1 Å². The summed E-state index contributed by atoms with van der Waals surface area (Å²) in [5.74, 6) is -1.29. The van der Waals surface area contributed by atoms with Gasteiger partial charge in [0, 0.05) is 10.6 Å². The maximum absolute atomic E-state index is 13.3. The second kappa shape index (κ2) is 9.05. The first-order chi connectivity index (χ1) is 16.9. The van der Waals surface area contributed by atoms with Gasteiger partial charge in [-0.2, -0.15) is 0 Å². The van der Waals surface area contributed by atoms with Crippen LogP contribution in [0.5, 0.6) is 11.5 Å². The predicted octanol–water partition coefficient (Wildman–Crippen LogP) is 5.68. The quantitative estimate of drug-likeness (QED) is 0.205. The number of aromatic hydroxyl groups is 1. The van der Waals surface area contributed by atoms with Gasteiger partial charge < -0.3 is 14.9 Å². The molecule has 176 valence electrons. The number of aliphatic hydroxyl groups excluding tert-OH is 1. The van der Waals surface area contributed by atoms with E-state index in [0.29, 0.717) is 39.2 Å². The van der Waals surface area contributed by atoms with E-state index in [1.807, 2.05) is 6.92 Å². The molecule has 1 amide bonds. The Labute approximate surface area is 209 Å². The second-order valence-corrected chi connectivity index (χ2v) is 9.27. The molecule has 1 saturated heterocycles. The molecule has 1 aliphatic heterocycles. The van der Waals surface area contributed by atoms with E-state index in [9.17, 15) is 19.8 Å². The Morgan fingerprint density at radius 1 is 1.09 bits per heavy atom. The number of anilines is 1. The van der Waals surface area contributed by atoms with Gasteiger partial charge in [0.1, 0.15) is 17.3 Å². The summed E-state index contributed by atoms with van der Waals surface area (Å²) in [5.41, 5.74) is 1.47. The molecule has 0 saturated carbocycles. The molecule has 4 aromatic rings. The molecule has 2 heterocycles. The third kappa shape index (κ3) is 4.11. The summed E-state index contributed by atoms with van der Waals surface area (Å²) in [7, 11) is 0. The Morgan fingerprint density at radius 3 is 2.49 bits per heavy atom. The highest BCUT2D eigenvalue weighted by atomic mass is 35.5. The van der Waals surface area contributed by atoms with Crippen molar-refractivity contribution in [2.24, 2.45) is 0 Å². The molecule has 0 spiro atoms. The van der Waals surface area contributed by atoms with Gasteiger partial charge in [-0.15, -0.1) is 0 Å². The maximum atomic E-state index is 13.3. The summed E-state index contributed by atoms with van der Waals surface area (Å²) >= 11 is 7.33. The smallest absolute Gasteiger partial charge is 0.301 e. The Morgan fingerprint density at radius 2 is 1.80 bits per heavy atom. The number of fused-ring (bicyclic) bond motifs is 1. The first kappa shape index (κ1) is 22.9. The van der Waals surface area contributed by atoms with E-state index < -0.39 is 17.7 Å². The van der Waals surface area contributed by atoms with Gasteiger partial charge in [-0.05, 0) is 67.1 Å². The van der Waals surface area contributed by atoms with E-state index >= 15 is 0 Å². The molecule has 1 atom stereocenters. The number of ether oxygens (including phenoxy) is 1. The molecule has 9 heteroatoms. The number of thiazole rings is 1. The number of hydrogen-bond donors (Lipinski definition) is 2. The predicted molar refractivity (Wildman–Crippen MR) is 135 cm³/mol. The van der Waals surface area contributed by atoms with Crippen LogP contribution in [0.3, 0.4) is 0 Å². The minimum Gasteiger partial charge on any atom is -0.508 e. The second-order valence-electron chi connectivity index (χ2n) is 7.83. The number of carbonyl (C=O) groups excluding carboxylic acids is 2. The first-order valence-corrected chi connectivity index (χ1v) is 12.0. The van der Waals surface area contributed by atoms with Gasteiger partial charge in [-0.25, -0.2) is 4.98 Å². The maximum Gasteiger partial charge on any atom is 0.301 e. The van der Waals surface area contributed by atoms with E-state index in [1.165, 1.54) is 28.4 Å². The van der Waals surface area contributed by atoms with Crippen molar-refractivity contribution in [3.8, 4) is 11.5 Å². The highest BCUT2D eigenvalue weighted by molar-refractivity contribution is 7.22. The number of ketones is 1. The van der Waals surface area contributed by atoms with Gasteiger partial charge in [-0.3, -0.25) is 14.5 Å². The molecule has 35 heavy (non-hydrogen) atoms. The number of phenolic OH excluding ortho intramolecular Hbond substituents is 1. The Hall–Kier alpha value is -3.88. The highest BCUT2D eigenvalue weighted by Gasteiger charge is 2.48. The van der Waals surface area contributed by atoms with Gasteiger partial charge in [0.2, 0.25) is 0 Å². The lowest BCUT2D eigenvalue weighted by Gasteiger charge is -2.23. The van der Waals surface area contributed by atoms with Gasteiger partial charge >= 0.3 is 5.91 Å². The largest absolute Gasteiger partial charge is 0.508 e. The highest BCUT2D eigenvalue weighted by Crippen LogP contribution is 2.44. The number of phenols is 1. The number of aliphatic hydroxyl groups is 1. The monoisotopic (exact) mass is 506 g/mol. The molecule has 3 aromatic carbocycles. The van der Waals surface area contributed by atoms with Crippen LogP contribution in [0.15, 0.2) is 72.3 Å². The summed E-state index contributed by atoms with van der Waals surface area (Å²) in [6, 6.07) is 17.0. The Balaban J connectivity index is 1.68. The fraction of sp³-hybridized carbons (Fsp3) is 0.115. The van der Waals surface area contributed by atoms with E-state index in [0.717, 1.165) is 4.70 Å². The minimum atomic E-state index is -0.946. The van der Waals surface area contributed by atoms with Crippen LogP contribution in [0.2, 0.25) is 5.02 Å². The van der Waals surface area contributed by atoms with Crippen molar-refractivity contribution in [1.82, 2.24) is 4.98 Å². The van der Waals surface area contributed by atoms with Crippen LogP contribution in [-0.2, 0) is 9.59 Å². The average molecular weight is 507 g/mol.